The predicted octanol–water partition coefficient (Wildman–Crippen LogP) is 2.27. The zero-order chi connectivity index (χ0) is 11.7. The molecule has 4 nitrogen and oxygen atoms in total. The van der Waals surface area contributed by atoms with Crippen molar-refractivity contribution in [1.82, 2.24) is 4.98 Å². The number of aryl methyl sites for hydroxylation is 1. The van der Waals surface area contributed by atoms with Crippen molar-refractivity contribution >= 4 is 34.6 Å². The van der Waals surface area contributed by atoms with Gasteiger partial charge in [-0.1, -0.05) is 24.1 Å². The van der Waals surface area contributed by atoms with E-state index in [0.29, 0.717) is 11.4 Å². The number of hydrogen-bond donors (Lipinski definition) is 3. The van der Waals surface area contributed by atoms with Gasteiger partial charge < -0.3 is 15.4 Å². The predicted molar refractivity (Wildman–Crippen MR) is 68.7 cm³/mol. The molecular formula is C11H13N3OS. The Hall–Kier alpha value is -1.62. The van der Waals surface area contributed by atoms with E-state index in [-0.39, 0.29) is 0 Å². The van der Waals surface area contributed by atoms with Crippen molar-refractivity contribution in [2.24, 2.45) is 5.73 Å². The molecule has 84 valence electrons. The summed E-state index contributed by atoms with van der Waals surface area (Å²) in [5.41, 5.74) is 7.96. The quantitative estimate of drug-likeness (QED) is 0.715. The molecule has 0 atom stereocenters. The molecule has 0 spiro atoms. The first-order chi connectivity index (χ1) is 7.63. The highest BCUT2D eigenvalue weighted by molar-refractivity contribution is 7.99. The summed E-state index contributed by atoms with van der Waals surface area (Å²) in [6.07, 6.45) is 1.89. The summed E-state index contributed by atoms with van der Waals surface area (Å²) in [6.45, 7) is 2.01. The molecule has 1 aromatic carbocycles. The van der Waals surface area contributed by atoms with Crippen LogP contribution in [-0.4, -0.2) is 17.1 Å². The van der Waals surface area contributed by atoms with Crippen molar-refractivity contribution in [1.29, 1.82) is 0 Å². The van der Waals surface area contributed by atoms with Crippen LogP contribution in [0.3, 0.4) is 0 Å². The molecule has 5 heteroatoms. The van der Waals surface area contributed by atoms with Crippen molar-refractivity contribution in [3.8, 4) is 0 Å². The number of aromatic nitrogens is 1. The summed E-state index contributed by atoms with van der Waals surface area (Å²) in [6, 6.07) is 5.87. The lowest BCUT2D eigenvalue weighted by molar-refractivity contribution is 0.100. The van der Waals surface area contributed by atoms with Gasteiger partial charge >= 0.3 is 0 Å². The molecule has 2 rings (SSSR count). The average Bonchev–Trinajstić information content (AvgIpc) is 2.55. The van der Waals surface area contributed by atoms with E-state index in [9.17, 15) is 4.79 Å². The minimum atomic E-state index is -0.424. The number of amides is 1. The lowest BCUT2D eigenvalue weighted by Gasteiger charge is -2.00. The van der Waals surface area contributed by atoms with Gasteiger partial charge in [0.1, 0.15) is 5.82 Å². The second kappa shape index (κ2) is 4.09. The maximum atomic E-state index is 11.4. The fourth-order valence-corrected chi connectivity index (χ4v) is 2.10. The Balaban J connectivity index is 2.70. The summed E-state index contributed by atoms with van der Waals surface area (Å²) in [7, 11) is 0. The topological polar surface area (TPSA) is 70.9 Å². The van der Waals surface area contributed by atoms with Crippen LogP contribution in [0.25, 0.3) is 10.9 Å². The molecule has 0 bridgehead atoms. The zero-order valence-electron chi connectivity index (χ0n) is 9.13. The Labute approximate surface area is 97.7 Å². The molecular weight excluding hydrogens is 222 g/mol. The smallest absolute Gasteiger partial charge is 0.253 e. The van der Waals surface area contributed by atoms with E-state index in [1.165, 1.54) is 11.9 Å². The number of rotatable bonds is 3. The van der Waals surface area contributed by atoms with Gasteiger partial charge in [0.25, 0.3) is 5.91 Å². The van der Waals surface area contributed by atoms with E-state index in [1.54, 1.807) is 0 Å². The van der Waals surface area contributed by atoms with E-state index in [4.69, 9.17) is 5.73 Å². The number of carbonyl (C=O) groups is 1. The van der Waals surface area contributed by atoms with Crippen LogP contribution in [0.5, 0.6) is 0 Å². The summed E-state index contributed by atoms with van der Waals surface area (Å²) < 4.78 is 3.03. The number of anilines is 1. The third-order valence-electron chi connectivity index (χ3n) is 2.40. The minimum absolute atomic E-state index is 0.424. The molecule has 0 aliphatic heterocycles. The molecule has 0 saturated carbocycles. The molecule has 1 amide bonds. The molecule has 0 aliphatic rings. The van der Waals surface area contributed by atoms with Crippen molar-refractivity contribution in [3.05, 3.63) is 29.3 Å². The zero-order valence-corrected chi connectivity index (χ0v) is 9.94. The number of benzene rings is 1. The molecule has 4 N–H and O–H groups in total. The van der Waals surface area contributed by atoms with Crippen LogP contribution in [0.2, 0.25) is 0 Å². The Kier molecular flexibility index (Phi) is 2.78. The van der Waals surface area contributed by atoms with E-state index >= 15 is 0 Å². The molecule has 2 aromatic rings. The number of nitrogens with two attached hydrogens (primary N) is 1. The summed E-state index contributed by atoms with van der Waals surface area (Å²) >= 11 is 1.42. The molecule has 16 heavy (non-hydrogen) atoms. The van der Waals surface area contributed by atoms with Crippen LogP contribution in [0.1, 0.15) is 15.9 Å². The summed E-state index contributed by atoms with van der Waals surface area (Å²) in [4.78, 5) is 14.6. The van der Waals surface area contributed by atoms with E-state index in [2.05, 4.69) is 9.71 Å². The second-order valence-corrected chi connectivity index (χ2v) is 4.21. The molecule has 0 aliphatic carbocycles. The van der Waals surface area contributed by atoms with Gasteiger partial charge in [-0.3, -0.25) is 4.79 Å². The lowest BCUT2D eigenvalue weighted by atomic mass is 10.1. The normalized spacial score (nSPS) is 10.6. The van der Waals surface area contributed by atoms with Crippen LogP contribution >= 0.6 is 11.9 Å². The van der Waals surface area contributed by atoms with Gasteiger partial charge in [0.2, 0.25) is 0 Å². The first-order valence-corrected chi connectivity index (χ1v) is 6.07. The van der Waals surface area contributed by atoms with Gasteiger partial charge in [0.15, 0.2) is 0 Å². The highest BCUT2D eigenvalue weighted by atomic mass is 32.2. The van der Waals surface area contributed by atoms with Crippen molar-refractivity contribution in [2.75, 3.05) is 11.0 Å². The fraction of sp³-hybridized carbons (Fsp3) is 0.182. The number of nitrogens with one attached hydrogen (secondary N) is 2. The van der Waals surface area contributed by atoms with E-state index in [1.807, 2.05) is 31.4 Å². The second-order valence-electron chi connectivity index (χ2n) is 3.59. The van der Waals surface area contributed by atoms with Gasteiger partial charge in [0, 0.05) is 17.2 Å². The van der Waals surface area contributed by atoms with Crippen molar-refractivity contribution in [3.63, 3.8) is 0 Å². The van der Waals surface area contributed by atoms with Gasteiger partial charge in [-0.05, 0) is 18.6 Å². The molecule has 1 aromatic heterocycles. The lowest BCUT2D eigenvalue weighted by Crippen LogP contribution is -2.12. The number of primary amides is 1. The number of aromatic amines is 1. The van der Waals surface area contributed by atoms with Gasteiger partial charge in [-0.25, -0.2) is 0 Å². The Bertz CT molecular complexity index is 547. The standard InChI is InChI=1S/C11H13N3OS/c1-6-3-4-7-8(5-6)13-11(14-16-2)9(7)10(12)15/h3-5,13-14H,1-2H3,(H2,12,15). The Morgan fingerprint density at radius 1 is 1.50 bits per heavy atom. The number of hydrogen-bond acceptors (Lipinski definition) is 3. The highest BCUT2D eigenvalue weighted by Crippen LogP contribution is 2.27. The molecule has 0 unspecified atom stereocenters. The summed E-state index contributed by atoms with van der Waals surface area (Å²) in [5.74, 6) is 0.243. The third-order valence-corrected chi connectivity index (χ3v) is 2.81. The number of fused-ring (bicyclic) bond motifs is 1. The van der Waals surface area contributed by atoms with E-state index in [0.717, 1.165) is 16.5 Å². The first kappa shape index (κ1) is 10.9. The van der Waals surface area contributed by atoms with Crippen LogP contribution in [0.15, 0.2) is 18.2 Å². The monoisotopic (exact) mass is 235 g/mol. The van der Waals surface area contributed by atoms with E-state index < -0.39 is 5.91 Å². The SMILES string of the molecule is CSNc1[nH]c2cc(C)ccc2c1C(N)=O. The summed E-state index contributed by atoms with van der Waals surface area (Å²) in [5, 5.41) is 0.856. The Morgan fingerprint density at radius 3 is 2.88 bits per heavy atom. The number of carbonyl (C=O) groups excluding carboxylic acids is 1. The van der Waals surface area contributed by atoms with Crippen LogP contribution in [0, 0.1) is 6.92 Å². The van der Waals surface area contributed by atoms with Gasteiger partial charge in [-0.2, -0.15) is 0 Å². The number of H-pyrrole nitrogens is 1. The van der Waals surface area contributed by atoms with Crippen molar-refractivity contribution < 1.29 is 4.79 Å². The average molecular weight is 235 g/mol. The molecule has 0 fully saturated rings. The third kappa shape index (κ3) is 1.74. The first-order valence-electron chi connectivity index (χ1n) is 4.84. The van der Waals surface area contributed by atoms with Gasteiger partial charge in [0.05, 0.1) is 5.56 Å². The Morgan fingerprint density at radius 2 is 2.25 bits per heavy atom. The molecule has 1 heterocycles. The minimum Gasteiger partial charge on any atom is -0.365 e. The van der Waals surface area contributed by atoms with Crippen molar-refractivity contribution in [2.45, 2.75) is 6.92 Å². The largest absolute Gasteiger partial charge is 0.365 e. The maximum absolute atomic E-state index is 11.4. The molecule has 0 radical (unpaired) electrons. The fourth-order valence-electron chi connectivity index (χ4n) is 1.75. The van der Waals surface area contributed by atoms with Crippen LogP contribution in [0.4, 0.5) is 5.82 Å². The molecule has 0 saturated heterocycles. The van der Waals surface area contributed by atoms with Crippen LogP contribution < -0.4 is 10.5 Å². The maximum Gasteiger partial charge on any atom is 0.253 e. The van der Waals surface area contributed by atoms with Gasteiger partial charge in [-0.15, -0.1) is 0 Å². The van der Waals surface area contributed by atoms with Crippen LogP contribution in [-0.2, 0) is 0 Å². The highest BCUT2D eigenvalue weighted by Gasteiger charge is 2.15.